The van der Waals surface area contributed by atoms with Gasteiger partial charge in [0.25, 0.3) is 11.8 Å². The van der Waals surface area contributed by atoms with E-state index in [0.717, 1.165) is 17.5 Å². The summed E-state index contributed by atoms with van der Waals surface area (Å²) >= 11 is 0. The Morgan fingerprint density at radius 2 is 1.95 bits per heavy atom. The van der Waals surface area contributed by atoms with E-state index in [1.807, 2.05) is 24.3 Å². The zero-order valence-electron chi connectivity index (χ0n) is 12.2. The molecule has 5 heteroatoms. The van der Waals surface area contributed by atoms with Crippen LogP contribution in [0.1, 0.15) is 26.3 Å². The van der Waals surface area contributed by atoms with E-state index in [1.54, 1.807) is 29.4 Å². The Morgan fingerprint density at radius 3 is 2.77 bits per heavy atom. The Hall–Kier alpha value is -2.69. The van der Waals surface area contributed by atoms with Gasteiger partial charge in [0, 0.05) is 43.2 Å². The SMILES string of the molecule is O=C(NCCN1CCc2ccccc2C1=O)c1ccncc1. The maximum Gasteiger partial charge on any atom is 0.254 e. The quantitative estimate of drug-likeness (QED) is 0.930. The van der Waals surface area contributed by atoms with Crippen LogP contribution >= 0.6 is 0 Å². The Kier molecular flexibility index (Phi) is 4.14. The molecule has 22 heavy (non-hydrogen) atoms. The molecule has 1 aromatic heterocycles. The molecule has 0 atom stereocenters. The third-order valence-corrected chi connectivity index (χ3v) is 3.80. The van der Waals surface area contributed by atoms with E-state index in [0.29, 0.717) is 25.2 Å². The van der Waals surface area contributed by atoms with Crippen molar-refractivity contribution in [3.8, 4) is 0 Å². The summed E-state index contributed by atoms with van der Waals surface area (Å²) in [6.45, 7) is 1.65. The van der Waals surface area contributed by atoms with Crippen molar-refractivity contribution in [3.05, 3.63) is 65.5 Å². The smallest absolute Gasteiger partial charge is 0.254 e. The van der Waals surface area contributed by atoms with Crippen molar-refractivity contribution in [2.24, 2.45) is 0 Å². The van der Waals surface area contributed by atoms with Gasteiger partial charge in [-0.25, -0.2) is 0 Å². The molecule has 3 rings (SSSR count). The predicted molar refractivity (Wildman–Crippen MR) is 82.6 cm³/mol. The molecular weight excluding hydrogens is 278 g/mol. The van der Waals surface area contributed by atoms with E-state index in [9.17, 15) is 9.59 Å². The Bertz CT molecular complexity index is 685. The second kappa shape index (κ2) is 6.39. The average molecular weight is 295 g/mol. The molecule has 2 aromatic rings. The highest BCUT2D eigenvalue weighted by Gasteiger charge is 2.23. The number of hydrogen-bond acceptors (Lipinski definition) is 3. The standard InChI is InChI=1S/C17H17N3O2/c21-16(14-5-8-18-9-6-14)19-10-12-20-11-7-13-3-1-2-4-15(13)17(20)22/h1-6,8-9H,7,10-12H2,(H,19,21). The van der Waals surface area contributed by atoms with Gasteiger partial charge in [0.05, 0.1) is 0 Å². The van der Waals surface area contributed by atoms with Gasteiger partial charge in [-0.05, 0) is 30.2 Å². The first-order valence-corrected chi connectivity index (χ1v) is 7.31. The summed E-state index contributed by atoms with van der Waals surface area (Å²) in [6.07, 6.45) is 4.03. The molecular formula is C17H17N3O2. The van der Waals surface area contributed by atoms with Gasteiger partial charge in [-0.3, -0.25) is 14.6 Å². The molecule has 0 aliphatic carbocycles. The molecule has 0 fully saturated rings. The van der Waals surface area contributed by atoms with Gasteiger partial charge < -0.3 is 10.2 Å². The molecule has 0 radical (unpaired) electrons. The lowest BCUT2D eigenvalue weighted by Crippen LogP contribution is -2.42. The molecule has 2 amide bonds. The summed E-state index contributed by atoms with van der Waals surface area (Å²) < 4.78 is 0. The maximum absolute atomic E-state index is 12.4. The van der Waals surface area contributed by atoms with Crippen molar-refractivity contribution in [1.82, 2.24) is 15.2 Å². The number of pyridine rings is 1. The first-order valence-electron chi connectivity index (χ1n) is 7.31. The highest BCUT2D eigenvalue weighted by molar-refractivity contribution is 5.97. The van der Waals surface area contributed by atoms with Crippen LogP contribution in [0, 0.1) is 0 Å². The minimum atomic E-state index is -0.146. The number of benzene rings is 1. The second-order valence-corrected chi connectivity index (χ2v) is 5.19. The highest BCUT2D eigenvalue weighted by atomic mass is 16.2. The lowest BCUT2D eigenvalue weighted by atomic mass is 9.99. The number of amides is 2. The molecule has 2 heterocycles. The third kappa shape index (κ3) is 2.98. The fourth-order valence-corrected chi connectivity index (χ4v) is 2.60. The molecule has 1 aliphatic heterocycles. The van der Waals surface area contributed by atoms with Gasteiger partial charge in [0.15, 0.2) is 0 Å². The van der Waals surface area contributed by atoms with Crippen LogP contribution in [0.5, 0.6) is 0 Å². The van der Waals surface area contributed by atoms with Gasteiger partial charge in [-0.1, -0.05) is 18.2 Å². The zero-order chi connectivity index (χ0) is 15.4. The number of aromatic nitrogens is 1. The van der Waals surface area contributed by atoms with E-state index in [1.165, 1.54) is 0 Å². The molecule has 0 saturated heterocycles. The predicted octanol–water partition coefficient (Wildman–Crippen LogP) is 1.51. The summed E-state index contributed by atoms with van der Waals surface area (Å²) in [6, 6.07) is 11.0. The van der Waals surface area contributed by atoms with E-state index in [2.05, 4.69) is 10.3 Å². The fourth-order valence-electron chi connectivity index (χ4n) is 2.60. The van der Waals surface area contributed by atoms with Crippen LogP contribution in [-0.4, -0.2) is 41.3 Å². The van der Waals surface area contributed by atoms with Crippen LogP contribution in [0.3, 0.4) is 0 Å². The molecule has 0 saturated carbocycles. The highest BCUT2D eigenvalue weighted by Crippen LogP contribution is 2.17. The summed E-state index contributed by atoms with van der Waals surface area (Å²) in [5.74, 6) is -0.104. The molecule has 112 valence electrons. The lowest BCUT2D eigenvalue weighted by molar-refractivity contribution is 0.0733. The van der Waals surface area contributed by atoms with E-state index >= 15 is 0 Å². The van der Waals surface area contributed by atoms with Crippen molar-refractivity contribution < 1.29 is 9.59 Å². The topological polar surface area (TPSA) is 62.3 Å². The first-order chi connectivity index (χ1) is 10.8. The third-order valence-electron chi connectivity index (χ3n) is 3.80. The van der Waals surface area contributed by atoms with E-state index < -0.39 is 0 Å². The number of nitrogens with one attached hydrogen (secondary N) is 1. The minimum Gasteiger partial charge on any atom is -0.350 e. The Balaban J connectivity index is 1.55. The molecule has 0 spiro atoms. The van der Waals surface area contributed by atoms with Crippen LogP contribution in [0.25, 0.3) is 0 Å². The monoisotopic (exact) mass is 295 g/mol. The summed E-state index contributed by atoms with van der Waals surface area (Å²) in [5.41, 5.74) is 2.45. The Morgan fingerprint density at radius 1 is 1.18 bits per heavy atom. The van der Waals surface area contributed by atoms with Gasteiger partial charge in [0.2, 0.25) is 0 Å². The van der Waals surface area contributed by atoms with Gasteiger partial charge in [-0.15, -0.1) is 0 Å². The number of fused-ring (bicyclic) bond motifs is 1. The van der Waals surface area contributed by atoms with Crippen molar-refractivity contribution in [2.75, 3.05) is 19.6 Å². The normalized spacial score (nSPS) is 13.6. The molecule has 0 bridgehead atoms. The lowest BCUT2D eigenvalue weighted by Gasteiger charge is -2.28. The van der Waals surface area contributed by atoms with Gasteiger partial charge in [-0.2, -0.15) is 0 Å². The van der Waals surface area contributed by atoms with Crippen LogP contribution in [-0.2, 0) is 6.42 Å². The van der Waals surface area contributed by atoms with Crippen molar-refractivity contribution in [2.45, 2.75) is 6.42 Å². The Labute approximate surface area is 129 Å². The maximum atomic E-state index is 12.4. The number of carbonyl (C=O) groups is 2. The van der Waals surface area contributed by atoms with E-state index in [-0.39, 0.29) is 11.8 Å². The molecule has 1 aliphatic rings. The summed E-state index contributed by atoms with van der Waals surface area (Å²) in [5, 5.41) is 2.83. The molecule has 5 nitrogen and oxygen atoms in total. The number of hydrogen-bond donors (Lipinski definition) is 1. The molecule has 1 N–H and O–H groups in total. The van der Waals surface area contributed by atoms with Crippen molar-refractivity contribution >= 4 is 11.8 Å². The number of rotatable bonds is 4. The van der Waals surface area contributed by atoms with Crippen molar-refractivity contribution in [3.63, 3.8) is 0 Å². The number of carbonyl (C=O) groups excluding carboxylic acids is 2. The first kappa shape index (κ1) is 14.3. The van der Waals surface area contributed by atoms with E-state index in [4.69, 9.17) is 0 Å². The minimum absolute atomic E-state index is 0.0417. The molecule has 1 aromatic carbocycles. The molecule has 0 unspecified atom stereocenters. The number of nitrogens with zero attached hydrogens (tertiary/aromatic N) is 2. The fraction of sp³-hybridized carbons (Fsp3) is 0.235. The largest absolute Gasteiger partial charge is 0.350 e. The van der Waals surface area contributed by atoms with Crippen LogP contribution < -0.4 is 5.32 Å². The summed E-state index contributed by atoms with van der Waals surface area (Å²) in [7, 11) is 0. The van der Waals surface area contributed by atoms with Gasteiger partial charge >= 0.3 is 0 Å². The van der Waals surface area contributed by atoms with Crippen molar-refractivity contribution in [1.29, 1.82) is 0 Å². The average Bonchev–Trinajstić information content (AvgIpc) is 2.58. The van der Waals surface area contributed by atoms with Gasteiger partial charge in [0.1, 0.15) is 0 Å². The van der Waals surface area contributed by atoms with Crippen LogP contribution in [0.4, 0.5) is 0 Å². The van der Waals surface area contributed by atoms with Crippen LogP contribution in [0.2, 0.25) is 0 Å². The summed E-state index contributed by atoms with van der Waals surface area (Å²) in [4.78, 5) is 30.0. The second-order valence-electron chi connectivity index (χ2n) is 5.19. The zero-order valence-corrected chi connectivity index (χ0v) is 12.2. The van der Waals surface area contributed by atoms with Crippen LogP contribution in [0.15, 0.2) is 48.8 Å².